The van der Waals surface area contributed by atoms with Gasteiger partial charge in [-0.25, -0.2) is 0 Å². The highest BCUT2D eigenvalue weighted by Gasteiger charge is 2.54. The predicted molar refractivity (Wildman–Crippen MR) is 104 cm³/mol. The average Bonchev–Trinajstić information content (AvgIpc) is 2.50. The lowest BCUT2D eigenvalue weighted by Gasteiger charge is -2.58. The van der Waals surface area contributed by atoms with Crippen LogP contribution in [0.2, 0.25) is 34.1 Å². The zero-order chi connectivity index (χ0) is 16.9. The number of hydrogen-bond acceptors (Lipinski definition) is 6. The fourth-order valence-electron chi connectivity index (χ4n) is 4.01. The van der Waals surface area contributed by atoms with E-state index in [4.69, 9.17) is 0 Å². The molecule has 2 aliphatic heterocycles. The van der Waals surface area contributed by atoms with Gasteiger partial charge in [-0.3, -0.25) is 0 Å². The van der Waals surface area contributed by atoms with E-state index < -0.39 is 0 Å². The van der Waals surface area contributed by atoms with Crippen LogP contribution in [0.3, 0.4) is 0 Å². The van der Waals surface area contributed by atoms with Gasteiger partial charge >= 0.3 is 7.12 Å². The van der Waals surface area contributed by atoms with E-state index in [1.807, 2.05) is 0 Å². The van der Waals surface area contributed by atoms with Gasteiger partial charge in [-0.2, -0.15) is 0 Å². The first-order chi connectivity index (χ1) is 10.1. The summed E-state index contributed by atoms with van der Waals surface area (Å²) in [6.45, 7) is 13.6. The summed E-state index contributed by atoms with van der Waals surface area (Å²) >= 11 is 0. The van der Waals surface area contributed by atoms with E-state index in [1.54, 1.807) is 0 Å². The minimum absolute atomic E-state index is 0.295. The number of rotatable bonds is 1. The smallest absolute Gasteiger partial charge is 0.361 e. The lowest BCUT2D eigenvalue weighted by atomic mass is 9.37. The zero-order valence-corrected chi connectivity index (χ0v) is 16.1. The topological polar surface area (TPSA) is 19.4 Å². The van der Waals surface area contributed by atoms with Crippen molar-refractivity contribution in [1.29, 1.82) is 0 Å². The van der Waals surface area contributed by atoms with Crippen LogP contribution in [0.4, 0.5) is 0 Å². The Balaban J connectivity index is 2.35. The molecule has 0 aromatic heterocycles. The van der Waals surface area contributed by atoms with Crippen molar-refractivity contribution < 1.29 is 0 Å². The summed E-state index contributed by atoms with van der Waals surface area (Å²) in [6, 6.07) is 0. The van der Waals surface area contributed by atoms with Crippen molar-refractivity contribution in [2.75, 3.05) is 35.2 Å². The van der Waals surface area contributed by atoms with Crippen molar-refractivity contribution in [1.82, 2.24) is 28.2 Å². The number of nitrogens with zero attached hydrogens (tertiary/aromatic N) is 6. The predicted octanol–water partition coefficient (Wildman–Crippen LogP) is -0.450. The van der Waals surface area contributed by atoms with Crippen molar-refractivity contribution in [3.05, 3.63) is 0 Å². The van der Waals surface area contributed by atoms with E-state index in [9.17, 15) is 0 Å². The third-order valence-electron chi connectivity index (χ3n) is 6.57. The molecule has 2 saturated heterocycles. The minimum atomic E-state index is 0.295. The van der Waals surface area contributed by atoms with Crippen molar-refractivity contribution >= 4 is 42.0 Å². The molecule has 0 N–H and O–H groups in total. The molecule has 22 heavy (non-hydrogen) atoms. The summed E-state index contributed by atoms with van der Waals surface area (Å²) in [5.74, 6) is 0. The Morgan fingerprint density at radius 2 is 0.682 bits per heavy atom. The van der Waals surface area contributed by atoms with Gasteiger partial charge in [0.1, 0.15) is 0 Å². The van der Waals surface area contributed by atoms with Crippen LogP contribution >= 0.6 is 0 Å². The summed E-state index contributed by atoms with van der Waals surface area (Å²) < 4.78 is 14.9. The number of hydrogen-bond donors (Lipinski definition) is 0. The van der Waals surface area contributed by atoms with E-state index in [-0.39, 0.29) is 0 Å². The van der Waals surface area contributed by atoms with Crippen LogP contribution in [0.25, 0.3) is 0 Å². The third kappa shape index (κ3) is 2.72. The Morgan fingerprint density at radius 3 is 1.05 bits per heavy atom. The fourth-order valence-corrected chi connectivity index (χ4v) is 4.01. The van der Waals surface area contributed by atoms with Crippen LogP contribution in [0, 0.1) is 0 Å². The van der Waals surface area contributed by atoms with E-state index in [0.717, 1.165) is 0 Å². The second-order valence-corrected chi connectivity index (χ2v) is 7.28. The van der Waals surface area contributed by atoms with Crippen LogP contribution in [0.5, 0.6) is 0 Å². The Hall–Kier alpha value is 0.150. The second-order valence-electron chi connectivity index (χ2n) is 7.28. The highest BCUT2D eigenvalue weighted by atomic mass is 15.4. The molecular weight excluding hydrogens is 269 g/mol. The van der Waals surface area contributed by atoms with Gasteiger partial charge in [0.15, 0.2) is 0 Å². The normalized spacial score (nSPS) is 25.9. The van der Waals surface area contributed by atoms with Crippen LogP contribution in [-0.2, 0) is 0 Å². The first-order valence-corrected chi connectivity index (χ1v) is 8.48. The summed E-state index contributed by atoms with van der Waals surface area (Å²) in [6.07, 6.45) is 0. The Morgan fingerprint density at radius 1 is 0.409 bits per heavy atom. The Kier molecular flexibility index (Phi) is 5.52. The van der Waals surface area contributed by atoms with E-state index >= 15 is 0 Å². The molecule has 0 aliphatic carbocycles. The second kappa shape index (κ2) is 6.57. The molecule has 2 rings (SSSR count). The summed E-state index contributed by atoms with van der Waals surface area (Å²) in [7, 11) is 11.4. The molecule has 0 unspecified atom stereocenters. The van der Waals surface area contributed by atoms with Gasteiger partial charge in [-0.1, -0.05) is 34.1 Å². The molecule has 0 bridgehead atoms. The standard InChI is InChI=1S/C10H30B6N6/c1-11-18(7)14(4)22(15(5)19(11)8)16-20(9)12(2)17(6)13(3)21(16)10/h1-10H3. The summed E-state index contributed by atoms with van der Waals surface area (Å²) in [5.41, 5.74) is 0. The van der Waals surface area contributed by atoms with Gasteiger partial charge in [-0.05, 0) is 35.2 Å². The molecule has 0 radical (unpaired) electrons. The molecule has 0 spiro atoms. The Labute approximate surface area is 140 Å². The van der Waals surface area contributed by atoms with Gasteiger partial charge in [0.05, 0.1) is 0 Å². The maximum atomic E-state index is 2.62. The summed E-state index contributed by atoms with van der Waals surface area (Å²) in [4.78, 5) is 0. The lowest BCUT2D eigenvalue weighted by molar-refractivity contribution is 0.484. The highest BCUT2D eigenvalue weighted by molar-refractivity contribution is 6.96. The van der Waals surface area contributed by atoms with Crippen LogP contribution in [0.15, 0.2) is 0 Å². The first kappa shape index (κ1) is 18.5. The van der Waals surface area contributed by atoms with Crippen molar-refractivity contribution in [3.63, 3.8) is 0 Å². The summed E-state index contributed by atoms with van der Waals surface area (Å²) in [5, 5.41) is 0. The van der Waals surface area contributed by atoms with Gasteiger partial charge in [0, 0.05) is 0 Å². The van der Waals surface area contributed by atoms with E-state index in [2.05, 4.69) is 97.6 Å². The van der Waals surface area contributed by atoms with Gasteiger partial charge in [0.25, 0.3) is 34.9 Å². The van der Waals surface area contributed by atoms with Crippen molar-refractivity contribution in [2.24, 2.45) is 0 Å². The van der Waals surface area contributed by atoms with Crippen LogP contribution < -0.4 is 0 Å². The lowest BCUT2D eigenvalue weighted by Crippen LogP contribution is -2.85. The molecule has 0 amide bonds. The SMILES string of the molecule is CB1N(C)B(C)N(B2N(C)B(C)N(C)B(C)N2C)B(C)N1C. The Bertz CT molecular complexity index is 338. The zero-order valence-electron chi connectivity index (χ0n) is 16.1. The molecule has 0 saturated carbocycles. The van der Waals surface area contributed by atoms with Gasteiger partial charge < -0.3 is 28.2 Å². The minimum Gasteiger partial charge on any atom is -0.372 e. The molecule has 12 heteroatoms. The molecule has 118 valence electrons. The molecule has 2 heterocycles. The van der Waals surface area contributed by atoms with Crippen molar-refractivity contribution in [2.45, 2.75) is 34.1 Å². The molecular formula is C10H30B6N6. The molecule has 0 aromatic carbocycles. The quantitative estimate of drug-likeness (QED) is 0.607. The molecule has 6 nitrogen and oxygen atoms in total. The molecule has 0 aromatic rings. The van der Waals surface area contributed by atoms with Crippen molar-refractivity contribution in [3.8, 4) is 0 Å². The van der Waals surface area contributed by atoms with Crippen LogP contribution in [-0.4, -0.2) is 106 Å². The third-order valence-corrected chi connectivity index (χ3v) is 6.57. The molecule has 2 fully saturated rings. The largest absolute Gasteiger partial charge is 0.372 e. The van der Waals surface area contributed by atoms with Gasteiger partial charge in [-0.15, -0.1) is 0 Å². The van der Waals surface area contributed by atoms with E-state index in [0.29, 0.717) is 42.0 Å². The average molecular weight is 299 g/mol. The maximum absolute atomic E-state index is 2.62. The van der Waals surface area contributed by atoms with E-state index in [1.165, 1.54) is 0 Å². The fraction of sp³-hybridized carbons (Fsp3) is 1.00. The monoisotopic (exact) mass is 300 g/mol. The first-order valence-electron chi connectivity index (χ1n) is 8.48. The van der Waals surface area contributed by atoms with Crippen LogP contribution in [0.1, 0.15) is 0 Å². The van der Waals surface area contributed by atoms with Gasteiger partial charge in [0.2, 0.25) is 0 Å². The maximum Gasteiger partial charge on any atom is 0.361 e. The highest BCUT2D eigenvalue weighted by Crippen LogP contribution is 2.24. The molecule has 0 atom stereocenters. The molecule has 2 aliphatic rings.